The Morgan fingerprint density at radius 3 is 2.77 bits per heavy atom. The first-order valence-electron chi connectivity index (χ1n) is 10.1. The minimum absolute atomic E-state index is 0.00382. The molecule has 2 aromatic rings. The number of nitro groups is 1. The Morgan fingerprint density at radius 1 is 1.35 bits per heavy atom. The number of nitrogen functional groups attached to an aromatic ring is 1. The van der Waals surface area contributed by atoms with Gasteiger partial charge in [0.15, 0.2) is 0 Å². The Kier molecular flexibility index (Phi) is 7.42. The zero-order valence-corrected chi connectivity index (χ0v) is 18.0. The van der Waals surface area contributed by atoms with E-state index in [0.29, 0.717) is 19.7 Å². The number of nitrogens with one attached hydrogen (secondary N) is 2. The van der Waals surface area contributed by atoms with Crippen LogP contribution in [0.3, 0.4) is 0 Å². The van der Waals surface area contributed by atoms with Crippen molar-refractivity contribution in [3.05, 3.63) is 39.9 Å². The molecule has 0 amide bonds. The molecule has 1 aliphatic rings. The molecule has 1 aromatic heterocycles. The molecule has 1 fully saturated rings. The fourth-order valence-corrected chi connectivity index (χ4v) is 3.57. The third kappa shape index (κ3) is 5.50. The highest BCUT2D eigenvalue weighted by Gasteiger charge is 2.25. The van der Waals surface area contributed by atoms with E-state index in [4.69, 9.17) is 15.2 Å². The zero-order valence-electron chi connectivity index (χ0n) is 18.0. The van der Waals surface area contributed by atoms with Crippen LogP contribution in [0.25, 0.3) is 0 Å². The van der Waals surface area contributed by atoms with E-state index in [1.807, 2.05) is 43.3 Å². The quantitative estimate of drug-likeness (QED) is 0.379. The lowest BCUT2D eigenvalue weighted by Crippen LogP contribution is -2.28. The summed E-state index contributed by atoms with van der Waals surface area (Å²) in [5.41, 5.74) is 6.55. The monoisotopic (exact) mass is 431 g/mol. The maximum Gasteiger partial charge on any atom is 0.353 e. The van der Waals surface area contributed by atoms with Crippen LogP contribution in [0, 0.1) is 10.1 Å². The second-order valence-electron chi connectivity index (χ2n) is 7.50. The predicted octanol–water partition coefficient (Wildman–Crippen LogP) is 2.28. The molecule has 0 saturated carbocycles. The van der Waals surface area contributed by atoms with Gasteiger partial charge < -0.3 is 30.7 Å². The van der Waals surface area contributed by atoms with Crippen molar-refractivity contribution in [2.75, 3.05) is 57.3 Å². The van der Waals surface area contributed by atoms with Gasteiger partial charge in [-0.2, -0.15) is 9.97 Å². The summed E-state index contributed by atoms with van der Waals surface area (Å²) in [5.74, 6) is 0.857. The van der Waals surface area contributed by atoms with Gasteiger partial charge in [-0.25, -0.2) is 0 Å². The second kappa shape index (κ2) is 10.2. The number of benzene rings is 1. The lowest BCUT2D eigenvalue weighted by Gasteiger charge is -2.26. The average Bonchev–Trinajstić information content (AvgIpc) is 3.25. The molecule has 0 aliphatic carbocycles. The number of aromatic nitrogens is 2. The van der Waals surface area contributed by atoms with Crippen LogP contribution >= 0.6 is 0 Å². The van der Waals surface area contributed by atoms with Gasteiger partial charge in [-0.3, -0.25) is 10.1 Å². The van der Waals surface area contributed by atoms with E-state index in [2.05, 4.69) is 20.6 Å². The van der Waals surface area contributed by atoms with Gasteiger partial charge in [0, 0.05) is 25.3 Å². The van der Waals surface area contributed by atoms with Gasteiger partial charge >= 0.3 is 5.69 Å². The molecule has 1 aromatic carbocycles. The Balaban J connectivity index is 1.80. The Morgan fingerprint density at radius 2 is 2.13 bits per heavy atom. The summed E-state index contributed by atoms with van der Waals surface area (Å²) in [7, 11) is 5.54. The van der Waals surface area contributed by atoms with Gasteiger partial charge in [0.05, 0.1) is 24.2 Å². The molecule has 1 saturated heterocycles. The molecular weight excluding hydrogens is 402 g/mol. The molecule has 11 heteroatoms. The largest absolute Gasteiger partial charge is 0.496 e. The fraction of sp³-hybridized carbons (Fsp3) is 0.500. The molecule has 168 valence electrons. The topological polar surface area (TPSA) is 141 Å². The van der Waals surface area contributed by atoms with Crippen molar-refractivity contribution in [1.82, 2.24) is 14.9 Å². The van der Waals surface area contributed by atoms with E-state index in [1.54, 1.807) is 7.11 Å². The van der Waals surface area contributed by atoms with Gasteiger partial charge in [-0.15, -0.1) is 0 Å². The first kappa shape index (κ1) is 22.5. The van der Waals surface area contributed by atoms with E-state index in [-0.39, 0.29) is 35.4 Å². The molecule has 2 atom stereocenters. The van der Waals surface area contributed by atoms with Crippen molar-refractivity contribution in [3.8, 4) is 5.75 Å². The van der Waals surface area contributed by atoms with Gasteiger partial charge in [0.25, 0.3) is 0 Å². The maximum absolute atomic E-state index is 11.5. The number of likely N-dealkylation sites (N-methyl/N-ethyl adjacent to an activating group) is 1. The van der Waals surface area contributed by atoms with Crippen LogP contribution in [0.2, 0.25) is 0 Å². The highest BCUT2D eigenvalue weighted by Crippen LogP contribution is 2.31. The van der Waals surface area contributed by atoms with Crippen LogP contribution < -0.4 is 21.1 Å². The SMILES string of the molecule is COc1ccccc1[C@H](CNc1nc(N)c([N+](=O)[O-])c(NC[C@H]2CCCO2)n1)N(C)C. The Hall–Kier alpha value is -3.18. The number of anilines is 3. The first-order valence-corrected chi connectivity index (χ1v) is 10.1. The van der Waals surface area contributed by atoms with Gasteiger partial charge in [-0.05, 0) is 33.0 Å². The van der Waals surface area contributed by atoms with E-state index in [9.17, 15) is 10.1 Å². The van der Waals surface area contributed by atoms with E-state index in [0.717, 1.165) is 24.2 Å². The lowest BCUT2D eigenvalue weighted by molar-refractivity contribution is -0.383. The minimum atomic E-state index is -0.575. The molecule has 1 aliphatic heterocycles. The summed E-state index contributed by atoms with van der Waals surface area (Å²) in [5, 5.41) is 17.7. The smallest absolute Gasteiger partial charge is 0.353 e. The summed E-state index contributed by atoms with van der Waals surface area (Å²) in [6.07, 6.45) is 1.87. The van der Waals surface area contributed by atoms with Crippen LogP contribution in [-0.4, -0.2) is 66.8 Å². The van der Waals surface area contributed by atoms with Crippen LogP contribution in [0.15, 0.2) is 24.3 Å². The molecule has 0 radical (unpaired) electrons. The number of nitrogens with two attached hydrogens (primary N) is 1. The van der Waals surface area contributed by atoms with Crippen LogP contribution in [0.1, 0.15) is 24.4 Å². The highest BCUT2D eigenvalue weighted by molar-refractivity contribution is 5.69. The first-order chi connectivity index (χ1) is 14.9. The van der Waals surface area contributed by atoms with Crippen molar-refractivity contribution >= 4 is 23.3 Å². The Bertz CT molecular complexity index is 903. The van der Waals surface area contributed by atoms with Gasteiger partial charge in [0.2, 0.25) is 17.6 Å². The number of hydrogen-bond acceptors (Lipinski definition) is 10. The number of rotatable bonds is 10. The third-order valence-electron chi connectivity index (χ3n) is 5.19. The molecular formula is C20H29N7O4. The van der Waals surface area contributed by atoms with E-state index < -0.39 is 4.92 Å². The molecule has 0 bridgehead atoms. The van der Waals surface area contributed by atoms with Crippen molar-refractivity contribution in [1.29, 1.82) is 0 Å². The predicted molar refractivity (Wildman–Crippen MR) is 118 cm³/mol. The van der Waals surface area contributed by atoms with Crippen LogP contribution in [0.5, 0.6) is 5.75 Å². The summed E-state index contributed by atoms with van der Waals surface area (Å²) in [6.45, 7) is 1.55. The van der Waals surface area contributed by atoms with Crippen LogP contribution in [-0.2, 0) is 4.74 Å². The molecule has 2 heterocycles. The molecule has 31 heavy (non-hydrogen) atoms. The van der Waals surface area contributed by atoms with Crippen molar-refractivity contribution in [2.24, 2.45) is 0 Å². The standard InChI is InChI=1S/C20H29N7O4/c1-26(2)15(14-8-4-5-9-16(14)30-3)12-23-20-24-18(21)17(27(28)29)19(25-20)22-11-13-7-6-10-31-13/h4-5,8-9,13,15H,6-7,10-12H2,1-3H3,(H4,21,22,23,24,25)/t13-,15+/m1/s1. The molecule has 11 nitrogen and oxygen atoms in total. The summed E-state index contributed by atoms with van der Waals surface area (Å²) in [6, 6.07) is 7.69. The van der Waals surface area contributed by atoms with Gasteiger partial charge in [-0.1, -0.05) is 18.2 Å². The summed E-state index contributed by atoms with van der Waals surface area (Å²) >= 11 is 0. The normalized spacial score (nSPS) is 16.8. The van der Waals surface area contributed by atoms with Crippen molar-refractivity contribution < 1.29 is 14.4 Å². The van der Waals surface area contributed by atoms with E-state index in [1.165, 1.54) is 0 Å². The van der Waals surface area contributed by atoms with E-state index >= 15 is 0 Å². The van der Waals surface area contributed by atoms with Crippen LogP contribution in [0.4, 0.5) is 23.3 Å². The number of hydrogen-bond donors (Lipinski definition) is 3. The molecule has 3 rings (SSSR count). The average molecular weight is 431 g/mol. The fourth-order valence-electron chi connectivity index (χ4n) is 3.57. The lowest BCUT2D eigenvalue weighted by atomic mass is 10.0. The number of methoxy groups -OCH3 is 1. The molecule has 4 N–H and O–H groups in total. The Labute approximate surface area is 181 Å². The molecule has 0 unspecified atom stereocenters. The third-order valence-corrected chi connectivity index (χ3v) is 5.19. The number of nitrogens with zero attached hydrogens (tertiary/aromatic N) is 4. The number of para-hydroxylation sites is 1. The maximum atomic E-state index is 11.5. The highest BCUT2D eigenvalue weighted by atomic mass is 16.6. The van der Waals surface area contributed by atoms with Crippen molar-refractivity contribution in [3.63, 3.8) is 0 Å². The molecule has 0 spiro atoms. The summed E-state index contributed by atoms with van der Waals surface area (Å²) < 4.78 is 11.1. The number of ether oxygens (including phenoxy) is 2. The zero-order chi connectivity index (χ0) is 22.4. The second-order valence-corrected chi connectivity index (χ2v) is 7.50. The minimum Gasteiger partial charge on any atom is -0.496 e. The van der Waals surface area contributed by atoms with Crippen molar-refractivity contribution in [2.45, 2.75) is 25.0 Å². The summed E-state index contributed by atoms with van der Waals surface area (Å²) in [4.78, 5) is 21.4. The van der Waals surface area contributed by atoms with Gasteiger partial charge in [0.1, 0.15) is 5.75 Å².